The minimum Gasteiger partial charge on any atom is -0.507 e. The lowest BCUT2D eigenvalue weighted by Crippen LogP contribution is -2.32. The lowest BCUT2D eigenvalue weighted by molar-refractivity contribution is 0.0947. The van der Waals surface area contributed by atoms with E-state index in [9.17, 15) is 14.3 Å². The molecular formula is C12H17FN2O3. The molecule has 0 aromatic heterocycles. The van der Waals surface area contributed by atoms with Crippen LogP contribution in [0.1, 0.15) is 16.8 Å². The van der Waals surface area contributed by atoms with Crippen molar-refractivity contribution in [1.82, 2.24) is 5.32 Å². The van der Waals surface area contributed by atoms with Crippen LogP contribution < -0.4 is 11.1 Å². The molecule has 1 unspecified atom stereocenters. The molecule has 1 amide bonds. The minimum absolute atomic E-state index is 0.0386. The molecule has 0 saturated heterocycles. The monoisotopic (exact) mass is 256 g/mol. The Kier molecular flexibility index (Phi) is 5.54. The normalized spacial score (nSPS) is 12.2. The van der Waals surface area contributed by atoms with E-state index in [0.717, 1.165) is 12.1 Å². The van der Waals surface area contributed by atoms with Crippen molar-refractivity contribution in [1.29, 1.82) is 0 Å². The van der Waals surface area contributed by atoms with Crippen molar-refractivity contribution in [2.45, 2.75) is 12.5 Å². The van der Waals surface area contributed by atoms with E-state index in [2.05, 4.69) is 5.32 Å². The van der Waals surface area contributed by atoms with E-state index in [4.69, 9.17) is 10.5 Å². The Labute approximate surface area is 105 Å². The number of nitrogens with two attached hydrogens (primary N) is 1. The molecule has 0 spiro atoms. The van der Waals surface area contributed by atoms with Crippen molar-refractivity contribution in [3.05, 3.63) is 29.6 Å². The van der Waals surface area contributed by atoms with E-state index < -0.39 is 11.7 Å². The summed E-state index contributed by atoms with van der Waals surface area (Å²) >= 11 is 0. The number of benzene rings is 1. The van der Waals surface area contributed by atoms with Gasteiger partial charge in [0.2, 0.25) is 0 Å². The minimum atomic E-state index is -0.592. The third kappa shape index (κ3) is 4.31. The van der Waals surface area contributed by atoms with Crippen molar-refractivity contribution in [3.8, 4) is 5.75 Å². The third-order valence-electron chi connectivity index (χ3n) is 2.39. The molecular weight excluding hydrogens is 239 g/mol. The number of amides is 1. The zero-order valence-electron chi connectivity index (χ0n) is 10.1. The van der Waals surface area contributed by atoms with Crippen LogP contribution in [-0.4, -0.2) is 37.3 Å². The highest BCUT2D eigenvalue weighted by Crippen LogP contribution is 2.17. The van der Waals surface area contributed by atoms with Crippen LogP contribution in [0.2, 0.25) is 0 Å². The molecule has 0 heterocycles. The maximum Gasteiger partial charge on any atom is 0.255 e. The predicted molar refractivity (Wildman–Crippen MR) is 64.9 cm³/mol. The van der Waals surface area contributed by atoms with Crippen molar-refractivity contribution in [2.75, 3.05) is 20.3 Å². The number of phenolic OH excluding ortho intramolecular Hbond substituents is 1. The smallest absolute Gasteiger partial charge is 0.255 e. The Hall–Kier alpha value is -1.66. The number of methoxy groups -OCH3 is 1. The van der Waals surface area contributed by atoms with E-state index in [1.807, 2.05) is 0 Å². The van der Waals surface area contributed by atoms with Crippen molar-refractivity contribution in [2.24, 2.45) is 5.73 Å². The molecule has 0 fully saturated rings. The highest BCUT2D eigenvalue weighted by molar-refractivity contribution is 5.96. The summed E-state index contributed by atoms with van der Waals surface area (Å²) in [6, 6.07) is 3.09. The highest BCUT2D eigenvalue weighted by atomic mass is 19.1. The van der Waals surface area contributed by atoms with E-state index >= 15 is 0 Å². The van der Waals surface area contributed by atoms with Crippen LogP contribution in [0.3, 0.4) is 0 Å². The molecule has 100 valence electrons. The lowest BCUT2D eigenvalue weighted by Gasteiger charge is -2.11. The first kappa shape index (κ1) is 14.4. The summed E-state index contributed by atoms with van der Waals surface area (Å²) in [5.74, 6) is -1.43. The van der Waals surface area contributed by atoms with Gasteiger partial charge in [-0.1, -0.05) is 0 Å². The predicted octanol–water partition coefficient (Wildman–Crippen LogP) is 0.625. The number of rotatable bonds is 6. The van der Waals surface area contributed by atoms with Crippen LogP contribution in [0.4, 0.5) is 4.39 Å². The Balaban J connectivity index is 2.45. The molecule has 0 aliphatic rings. The van der Waals surface area contributed by atoms with Gasteiger partial charge in [-0.3, -0.25) is 4.79 Å². The number of ether oxygens (including phenoxy) is 1. The van der Waals surface area contributed by atoms with Crippen LogP contribution in [0, 0.1) is 5.82 Å². The Bertz CT molecular complexity index is 412. The number of carbonyl (C=O) groups is 1. The molecule has 0 saturated carbocycles. The van der Waals surface area contributed by atoms with Crippen LogP contribution in [0.25, 0.3) is 0 Å². The van der Waals surface area contributed by atoms with Crippen LogP contribution >= 0.6 is 0 Å². The first-order valence-corrected chi connectivity index (χ1v) is 5.56. The Morgan fingerprint density at radius 1 is 1.61 bits per heavy atom. The van der Waals surface area contributed by atoms with Gasteiger partial charge in [-0.15, -0.1) is 0 Å². The fourth-order valence-electron chi connectivity index (χ4n) is 1.46. The summed E-state index contributed by atoms with van der Waals surface area (Å²) in [6.45, 7) is 0.776. The van der Waals surface area contributed by atoms with E-state index in [1.54, 1.807) is 7.11 Å². The molecule has 0 bridgehead atoms. The molecule has 1 atom stereocenters. The molecule has 1 aromatic rings. The van der Waals surface area contributed by atoms with Gasteiger partial charge in [0.15, 0.2) is 0 Å². The third-order valence-corrected chi connectivity index (χ3v) is 2.39. The second kappa shape index (κ2) is 6.93. The largest absolute Gasteiger partial charge is 0.507 e. The quantitative estimate of drug-likeness (QED) is 0.696. The second-order valence-electron chi connectivity index (χ2n) is 3.92. The van der Waals surface area contributed by atoms with Crippen LogP contribution in [-0.2, 0) is 4.74 Å². The van der Waals surface area contributed by atoms with E-state index in [-0.39, 0.29) is 17.4 Å². The van der Waals surface area contributed by atoms with Crippen molar-refractivity contribution in [3.63, 3.8) is 0 Å². The van der Waals surface area contributed by atoms with Gasteiger partial charge >= 0.3 is 0 Å². The number of carbonyl (C=O) groups excluding carboxylic acids is 1. The van der Waals surface area contributed by atoms with E-state index in [1.165, 1.54) is 6.07 Å². The summed E-state index contributed by atoms with van der Waals surface area (Å²) in [5.41, 5.74) is 5.72. The van der Waals surface area contributed by atoms with Gasteiger partial charge in [-0.25, -0.2) is 4.39 Å². The number of aromatic hydroxyl groups is 1. The van der Waals surface area contributed by atoms with Crippen molar-refractivity contribution >= 4 is 5.91 Å². The molecule has 0 radical (unpaired) electrons. The van der Waals surface area contributed by atoms with Gasteiger partial charge in [0.05, 0.1) is 12.2 Å². The first-order chi connectivity index (χ1) is 8.54. The van der Waals surface area contributed by atoms with Crippen LogP contribution in [0.5, 0.6) is 5.75 Å². The van der Waals surface area contributed by atoms with Gasteiger partial charge < -0.3 is 20.9 Å². The van der Waals surface area contributed by atoms with Gasteiger partial charge in [-0.05, 0) is 18.6 Å². The number of nitrogens with one attached hydrogen (secondary N) is 1. The fourth-order valence-corrected chi connectivity index (χ4v) is 1.46. The number of hydrogen-bond donors (Lipinski definition) is 3. The molecule has 5 nitrogen and oxygen atoms in total. The summed E-state index contributed by atoms with van der Waals surface area (Å²) < 4.78 is 17.6. The SMILES string of the molecule is COCC(N)CCNC(=O)c1ccc(F)cc1O. The molecule has 1 aromatic carbocycles. The first-order valence-electron chi connectivity index (χ1n) is 5.56. The second-order valence-corrected chi connectivity index (χ2v) is 3.92. The molecule has 6 heteroatoms. The average molecular weight is 256 g/mol. The summed E-state index contributed by atoms with van der Waals surface area (Å²) in [5, 5.41) is 12.0. The molecule has 0 aliphatic heterocycles. The van der Waals surface area contributed by atoms with E-state index in [0.29, 0.717) is 19.6 Å². The average Bonchev–Trinajstić information content (AvgIpc) is 2.29. The zero-order valence-corrected chi connectivity index (χ0v) is 10.1. The Morgan fingerprint density at radius 3 is 2.94 bits per heavy atom. The van der Waals surface area contributed by atoms with Crippen molar-refractivity contribution < 1.29 is 19.0 Å². The van der Waals surface area contributed by atoms with Gasteiger partial charge in [0.1, 0.15) is 11.6 Å². The molecule has 0 aliphatic carbocycles. The topological polar surface area (TPSA) is 84.6 Å². The zero-order chi connectivity index (χ0) is 13.5. The van der Waals surface area contributed by atoms with Crippen LogP contribution in [0.15, 0.2) is 18.2 Å². The maximum atomic E-state index is 12.7. The molecule has 18 heavy (non-hydrogen) atoms. The maximum absolute atomic E-state index is 12.7. The number of hydrogen-bond acceptors (Lipinski definition) is 4. The van der Waals surface area contributed by atoms with Gasteiger partial charge in [-0.2, -0.15) is 0 Å². The van der Waals surface area contributed by atoms with Gasteiger partial charge in [0.25, 0.3) is 5.91 Å². The van der Waals surface area contributed by atoms with Gasteiger partial charge in [0, 0.05) is 25.8 Å². The fraction of sp³-hybridized carbons (Fsp3) is 0.417. The standard InChI is InChI=1S/C12H17FN2O3/c1-18-7-9(14)4-5-15-12(17)10-3-2-8(13)6-11(10)16/h2-3,6,9,16H,4-5,7,14H2,1H3,(H,15,17). The number of halogens is 1. The molecule has 4 N–H and O–H groups in total. The summed E-state index contributed by atoms with van der Waals surface area (Å²) in [4.78, 5) is 11.7. The summed E-state index contributed by atoms with van der Waals surface area (Å²) in [6.07, 6.45) is 0.557. The highest BCUT2D eigenvalue weighted by Gasteiger charge is 2.11. The summed E-state index contributed by atoms with van der Waals surface area (Å²) in [7, 11) is 1.55. The molecule has 1 rings (SSSR count). The Morgan fingerprint density at radius 2 is 2.33 bits per heavy atom. The lowest BCUT2D eigenvalue weighted by atomic mass is 10.1. The number of phenols is 1.